The highest BCUT2D eigenvalue weighted by molar-refractivity contribution is 9.12. The van der Waals surface area contributed by atoms with Gasteiger partial charge in [-0.1, -0.05) is 66.2 Å². The second-order valence-electron chi connectivity index (χ2n) is 14.6. The number of ketones is 1. The largest absolute Gasteiger partial charge is 0.481 e. The van der Waals surface area contributed by atoms with Crippen LogP contribution in [0.15, 0.2) is 22.2 Å². The van der Waals surface area contributed by atoms with Crippen LogP contribution in [0.2, 0.25) is 0 Å². The van der Waals surface area contributed by atoms with Crippen molar-refractivity contribution in [2.75, 3.05) is 0 Å². The third-order valence-corrected chi connectivity index (χ3v) is 12.9. The number of hydrogen-bond acceptors (Lipinski definition) is 2. The number of rotatable bonds is 1. The highest BCUT2D eigenvalue weighted by Crippen LogP contribution is 2.75. The average Bonchev–Trinajstić information content (AvgIpc) is 2.72. The van der Waals surface area contributed by atoms with E-state index in [1.165, 1.54) is 5.57 Å². The van der Waals surface area contributed by atoms with Gasteiger partial charge in [-0.25, -0.2) is 0 Å². The summed E-state index contributed by atoms with van der Waals surface area (Å²) in [5.41, 5.74) is 0.735. The molecule has 5 rings (SSSR count). The van der Waals surface area contributed by atoms with E-state index in [1.54, 1.807) is 0 Å². The van der Waals surface area contributed by atoms with Gasteiger partial charge in [0, 0.05) is 5.41 Å². The highest BCUT2D eigenvalue weighted by atomic mass is 79.9. The maximum atomic E-state index is 13.1. The molecule has 34 heavy (non-hydrogen) atoms. The molecule has 3 nitrogen and oxygen atoms in total. The third-order valence-electron chi connectivity index (χ3n) is 12.3. The predicted octanol–water partition coefficient (Wildman–Crippen LogP) is 7.94. The van der Waals surface area contributed by atoms with Gasteiger partial charge >= 0.3 is 5.97 Å². The van der Waals surface area contributed by atoms with Crippen LogP contribution >= 0.6 is 15.9 Å². The molecule has 1 N–H and O–H groups in total. The number of carboxylic acid groups (broad SMARTS) is 1. The fourth-order valence-corrected chi connectivity index (χ4v) is 11.1. The summed E-state index contributed by atoms with van der Waals surface area (Å²) < 4.78 is 0.753. The van der Waals surface area contributed by atoms with Gasteiger partial charge in [0.25, 0.3) is 0 Å². The van der Waals surface area contributed by atoms with Gasteiger partial charge in [0.05, 0.1) is 9.90 Å². The van der Waals surface area contributed by atoms with E-state index in [0.29, 0.717) is 11.8 Å². The van der Waals surface area contributed by atoms with Crippen LogP contribution in [0.1, 0.15) is 99.8 Å². The van der Waals surface area contributed by atoms with Gasteiger partial charge in [-0.3, -0.25) is 9.59 Å². The van der Waals surface area contributed by atoms with Crippen molar-refractivity contribution in [2.24, 2.45) is 50.2 Å². The number of halogens is 1. The Morgan fingerprint density at radius 3 is 2.26 bits per heavy atom. The normalized spacial score (nSPS) is 48.9. The van der Waals surface area contributed by atoms with Crippen LogP contribution in [0.3, 0.4) is 0 Å². The second kappa shape index (κ2) is 7.11. The Morgan fingerprint density at radius 1 is 0.971 bits per heavy atom. The van der Waals surface area contributed by atoms with Crippen molar-refractivity contribution in [3.63, 3.8) is 0 Å². The molecule has 7 atom stereocenters. The van der Waals surface area contributed by atoms with Gasteiger partial charge in [0.1, 0.15) is 0 Å². The van der Waals surface area contributed by atoms with Gasteiger partial charge in [0.2, 0.25) is 0 Å². The number of carbonyl (C=O) groups is 2. The van der Waals surface area contributed by atoms with E-state index < -0.39 is 11.4 Å². The summed E-state index contributed by atoms with van der Waals surface area (Å²) in [5, 5.41) is 10.5. The van der Waals surface area contributed by atoms with Gasteiger partial charge in [-0.2, -0.15) is 0 Å². The molecule has 0 spiro atoms. The lowest BCUT2D eigenvalue weighted by molar-refractivity contribution is -0.174. The fourth-order valence-electron chi connectivity index (χ4n) is 10.1. The topological polar surface area (TPSA) is 54.4 Å². The molecule has 0 aromatic rings. The molecule has 0 aliphatic heterocycles. The number of Topliss-reactive ketones (excluding diaryl/α,β-unsaturated/α-hetero) is 1. The summed E-state index contributed by atoms with van der Waals surface area (Å²) in [6.45, 7) is 16.3. The Hall–Kier alpha value is -0.900. The van der Waals surface area contributed by atoms with Gasteiger partial charge in [-0.15, -0.1) is 0 Å². The van der Waals surface area contributed by atoms with E-state index in [2.05, 4.69) is 76.5 Å². The standard InChI is InChI=1S/C30H43BrO3/c1-25(2)12-14-30(24(33)34)15-13-28(6)18(19(30)16-25)8-9-22-27(5)17-20(31)23(32)26(3,4)21(27)10-11-29(22,28)7/h8,17,19,21-22H,9-16H2,1-7H3,(H,33,34)/t19?,21-,22+,27-,28+,29+,30-/m0/s1. The Kier molecular flexibility index (Phi) is 5.18. The zero-order valence-electron chi connectivity index (χ0n) is 22.2. The molecule has 3 saturated carbocycles. The maximum Gasteiger partial charge on any atom is 0.310 e. The first kappa shape index (κ1) is 24.8. The van der Waals surface area contributed by atoms with Crippen LogP contribution in [-0.4, -0.2) is 16.9 Å². The number of allylic oxidation sites excluding steroid dienone is 4. The molecule has 0 aromatic heterocycles. The van der Waals surface area contributed by atoms with E-state index in [4.69, 9.17) is 0 Å². The van der Waals surface area contributed by atoms with Crippen molar-refractivity contribution in [1.29, 1.82) is 0 Å². The Morgan fingerprint density at radius 2 is 1.62 bits per heavy atom. The quantitative estimate of drug-likeness (QED) is 0.350. The van der Waals surface area contributed by atoms with Crippen LogP contribution in [0.25, 0.3) is 0 Å². The summed E-state index contributed by atoms with van der Waals surface area (Å²) >= 11 is 3.65. The Balaban J connectivity index is 1.64. The molecule has 3 fully saturated rings. The molecule has 188 valence electrons. The lowest BCUT2D eigenvalue weighted by Crippen LogP contribution is -2.64. The molecule has 0 heterocycles. The molecule has 0 saturated heterocycles. The predicted molar refractivity (Wildman–Crippen MR) is 139 cm³/mol. The van der Waals surface area contributed by atoms with Crippen molar-refractivity contribution in [1.82, 2.24) is 0 Å². The van der Waals surface area contributed by atoms with E-state index in [1.807, 2.05) is 0 Å². The zero-order valence-corrected chi connectivity index (χ0v) is 23.8. The van der Waals surface area contributed by atoms with Crippen LogP contribution in [0.4, 0.5) is 0 Å². The summed E-state index contributed by atoms with van der Waals surface area (Å²) in [5.74, 6) is 0.591. The minimum absolute atomic E-state index is 0.00679. The summed E-state index contributed by atoms with van der Waals surface area (Å²) in [6.07, 6.45) is 12.5. The number of aliphatic carboxylic acids is 1. The van der Waals surface area contributed by atoms with Crippen LogP contribution in [0, 0.1) is 50.2 Å². The third kappa shape index (κ3) is 2.87. The first-order valence-corrected chi connectivity index (χ1v) is 14.2. The average molecular weight is 532 g/mol. The van der Waals surface area contributed by atoms with Crippen molar-refractivity contribution in [2.45, 2.75) is 99.8 Å². The second-order valence-corrected chi connectivity index (χ2v) is 15.4. The number of fused-ring (bicyclic) bond motifs is 7. The lowest BCUT2D eigenvalue weighted by atomic mass is 9.34. The molecule has 0 aromatic carbocycles. The number of hydrogen-bond donors (Lipinski definition) is 1. The smallest absolute Gasteiger partial charge is 0.310 e. The monoisotopic (exact) mass is 530 g/mol. The molecule has 0 amide bonds. The highest BCUT2D eigenvalue weighted by Gasteiger charge is 2.69. The number of carboxylic acids is 1. The van der Waals surface area contributed by atoms with Crippen LogP contribution < -0.4 is 0 Å². The molecular formula is C30H43BrO3. The first-order valence-electron chi connectivity index (χ1n) is 13.4. The molecule has 1 unspecified atom stereocenters. The minimum Gasteiger partial charge on any atom is -0.481 e. The zero-order chi connectivity index (χ0) is 25.1. The molecule has 5 aliphatic carbocycles. The summed E-state index contributed by atoms with van der Waals surface area (Å²) in [7, 11) is 0. The van der Waals surface area contributed by atoms with Crippen molar-refractivity contribution in [3.8, 4) is 0 Å². The molecule has 0 bridgehead atoms. The summed E-state index contributed by atoms with van der Waals surface area (Å²) in [6, 6.07) is 0. The van der Waals surface area contributed by atoms with Crippen molar-refractivity contribution in [3.05, 3.63) is 22.2 Å². The van der Waals surface area contributed by atoms with E-state index >= 15 is 0 Å². The summed E-state index contributed by atoms with van der Waals surface area (Å²) in [4.78, 5) is 25.9. The Bertz CT molecular complexity index is 1020. The Labute approximate surface area is 214 Å². The molecule has 5 aliphatic rings. The van der Waals surface area contributed by atoms with E-state index in [0.717, 1.165) is 55.8 Å². The van der Waals surface area contributed by atoms with E-state index in [-0.39, 0.29) is 38.8 Å². The molecular weight excluding hydrogens is 488 g/mol. The van der Waals surface area contributed by atoms with Gasteiger partial charge in [-0.05, 0) is 107 Å². The molecule has 4 heteroatoms. The van der Waals surface area contributed by atoms with Crippen molar-refractivity contribution < 1.29 is 14.7 Å². The fraction of sp³-hybridized carbons (Fsp3) is 0.800. The van der Waals surface area contributed by atoms with Crippen LogP contribution in [0.5, 0.6) is 0 Å². The van der Waals surface area contributed by atoms with Gasteiger partial charge < -0.3 is 5.11 Å². The molecule has 0 radical (unpaired) electrons. The lowest BCUT2D eigenvalue weighted by Gasteiger charge is -2.69. The van der Waals surface area contributed by atoms with Crippen LogP contribution in [-0.2, 0) is 9.59 Å². The maximum absolute atomic E-state index is 13.1. The SMILES string of the molecule is CC1(C)CC[C@]2(C(=O)O)CC[C@]3(C)C(=CC[C@@H]4[C@@]5(C)C=C(Br)C(=O)C(C)(C)[C@@H]5CC[C@]43C)C2C1. The number of carbonyl (C=O) groups excluding carboxylic acids is 1. The minimum atomic E-state index is -0.590. The van der Waals surface area contributed by atoms with Gasteiger partial charge in [0.15, 0.2) is 5.78 Å². The van der Waals surface area contributed by atoms with E-state index in [9.17, 15) is 14.7 Å². The van der Waals surface area contributed by atoms with Crippen molar-refractivity contribution >= 4 is 27.7 Å². The first-order chi connectivity index (χ1) is 15.6.